The molecule has 0 amide bonds. The second-order valence-electron chi connectivity index (χ2n) is 3.75. The molecule has 64 valence electrons. The number of rotatable bonds is 1. The molecule has 1 unspecified atom stereocenters. The number of aliphatic imine (C=N–C) groups is 1. The lowest BCUT2D eigenvalue weighted by atomic mass is 9.88. The first-order valence-corrected chi connectivity index (χ1v) is 4.02. The summed E-state index contributed by atoms with van der Waals surface area (Å²) in [6.07, 6.45) is 0. The molecule has 1 heterocycles. The van der Waals surface area contributed by atoms with E-state index in [0.29, 0.717) is 11.9 Å². The van der Waals surface area contributed by atoms with E-state index < -0.39 is 0 Å². The van der Waals surface area contributed by atoms with E-state index in [-0.39, 0.29) is 5.54 Å². The van der Waals surface area contributed by atoms with Gasteiger partial charge in [0.05, 0.1) is 12.1 Å². The Morgan fingerprint density at radius 1 is 1.64 bits per heavy atom. The molecular formula is C8H17N3. The van der Waals surface area contributed by atoms with Crippen molar-refractivity contribution in [3.63, 3.8) is 0 Å². The van der Waals surface area contributed by atoms with Gasteiger partial charge in [-0.3, -0.25) is 4.99 Å². The highest BCUT2D eigenvalue weighted by atomic mass is 15.3. The van der Waals surface area contributed by atoms with Crippen molar-refractivity contribution in [2.75, 3.05) is 13.6 Å². The monoisotopic (exact) mass is 155 g/mol. The van der Waals surface area contributed by atoms with Crippen LogP contribution >= 0.6 is 0 Å². The molecule has 0 saturated carbocycles. The highest BCUT2D eigenvalue weighted by Gasteiger charge is 2.37. The number of likely N-dealkylation sites (N-methyl/N-ethyl adjacent to an activating group) is 1. The molecule has 3 nitrogen and oxygen atoms in total. The van der Waals surface area contributed by atoms with Gasteiger partial charge in [-0.1, -0.05) is 13.8 Å². The predicted octanol–water partition coefficient (Wildman–Crippen LogP) is 0.661. The van der Waals surface area contributed by atoms with Crippen molar-refractivity contribution in [2.45, 2.75) is 26.3 Å². The fourth-order valence-electron chi connectivity index (χ4n) is 1.28. The van der Waals surface area contributed by atoms with Crippen LogP contribution in [0.4, 0.5) is 0 Å². The number of hydrogen-bond acceptors (Lipinski definition) is 3. The second kappa shape index (κ2) is 2.40. The number of guanidine groups is 1. The van der Waals surface area contributed by atoms with E-state index in [4.69, 9.17) is 5.73 Å². The van der Waals surface area contributed by atoms with Crippen LogP contribution in [-0.2, 0) is 0 Å². The summed E-state index contributed by atoms with van der Waals surface area (Å²) in [5.74, 6) is 1.25. The van der Waals surface area contributed by atoms with Gasteiger partial charge >= 0.3 is 0 Å². The average Bonchev–Trinajstić information content (AvgIpc) is 2.18. The smallest absolute Gasteiger partial charge is 0.191 e. The van der Waals surface area contributed by atoms with E-state index >= 15 is 0 Å². The third-order valence-corrected chi connectivity index (χ3v) is 2.91. The third kappa shape index (κ3) is 1.08. The zero-order chi connectivity index (χ0) is 8.65. The Bertz CT molecular complexity index is 186. The van der Waals surface area contributed by atoms with Gasteiger partial charge in [0.15, 0.2) is 5.96 Å². The van der Waals surface area contributed by atoms with Crippen LogP contribution in [-0.4, -0.2) is 30.0 Å². The first-order chi connectivity index (χ1) is 4.98. The Kier molecular flexibility index (Phi) is 1.82. The molecule has 0 radical (unpaired) electrons. The minimum Gasteiger partial charge on any atom is -0.370 e. The van der Waals surface area contributed by atoms with Crippen molar-refractivity contribution < 1.29 is 0 Å². The predicted molar refractivity (Wildman–Crippen MR) is 47.5 cm³/mol. The Hall–Kier alpha value is -0.730. The fourth-order valence-corrected chi connectivity index (χ4v) is 1.28. The number of nitrogens with two attached hydrogens (primary N) is 1. The molecule has 0 fully saturated rings. The van der Waals surface area contributed by atoms with Gasteiger partial charge in [-0.25, -0.2) is 0 Å². The molecule has 1 atom stereocenters. The van der Waals surface area contributed by atoms with Gasteiger partial charge in [0.1, 0.15) is 0 Å². The van der Waals surface area contributed by atoms with E-state index in [1.165, 1.54) is 0 Å². The molecule has 0 bridgehead atoms. The highest BCUT2D eigenvalue weighted by Crippen LogP contribution is 2.27. The van der Waals surface area contributed by atoms with Crippen LogP contribution in [0, 0.1) is 5.92 Å². The molecule has 1 aliphatic heterocycles. The van der Waals surface area contributed by atoms with E-state index in [9.17, 15) is 0 Å². The van der Waals surface area contributed by atoms with Crippen molar-refractivity contribution >= 4 is 5.96 Å². The summed E-state index contributed by atoms with van der Waals surface area (Å²) in [5.41, 5.74) is 5.80. The van der Waals surface area contributed by atoms with E-state index in [2.05, 4.69) is 30.7 Å². The molecule has 0 aromatic heterocycles. The Morgan fingerprint density at radius 3 is 2.36 bits per heavy atom. The van der Waals surface area contributed by atoms with E-state index in [1.807, 2.05) is 7.05 Å². The normalized spacial score (nSPS) is 31.4. The average molecular weight is 155 g/mol. The van der Waals surface area contributed by atoms with Gasteiger partial charge in [-0.15, -0.1) is 0 Å². The van der Waals surface area contributed by atoms with Crippen LogP contribution in [0.15, 0.2) is 4.99 Å². The van der Waals surface area contributed by atoms with Crippen LogP contribution in [0.2, 0.25) is 0 Å². The summed E-state index contributed by atoms with van der Waals surface area (Å²) < 4.78 is 0. The van der Waals surface area contributed by atoms with Gasteiger partial charge in [0.2, 0.25) is 0 Å². The molecule has 11 heavy (non-hydrogen) atoms. The summed E-state index contributed by atoms with van der Waals surface area (Å²) in [6.45, 7) is 7.42. The van der Waals surface area contributed by atoms with Crippen LogP contribution in [0.5, 0.6) is 0 Å². The van der Waals surface area contributed by atoms with Crippen LogP contribution in [0.3, 0.4) is 0 Å². The lowest BCUT2D eigenvalue weighted by Crippen LogP contribution is -2.50. The SMILES string of the molecule is CC(C)C1(C)CN=C(N)N1C. The fraction of sp³-hybridized carbons (Fsp3) is 0.875. The Balaban J connectivity index is 2.79. The maximum Gasteiger partial charge on any atom is 0.191 e. The molecule has 0 aromatic carbocycles. The lowest BCUT2D eigenvalue weighted by molar-refractivity contribution is 0.188. The maximum absolute atomic E-state index is 5.67. The van der Waals surface area contributed by atoms with E-state index in [1.54, 1.807) is 0 Å². The molecule has 3 heteroatoms. The second-order valence-corrected chi connectivity index (χ2v) is 3.75. The zero-order valence-corrected chi connectivity index (χ0v) is 7.76. The molecule has 0 saturated heterocycles. The van der Waals surface area contributed by atoms with Gasteiger partial charge in [0.25, 0.3) is 0 Å². The van der Waals surface area contributed by atoms with Crippen molar-refractivity contribution in [3.8, 4) is 0 Å². The van der Waals surface area contributed by atoms with Gasteiger partial charge in [0, 0.05) is 7.05 Å². The third-order valence-electron chi connectivity index (χ3n) is 2.91. The van der Waals surface area contributed by atoms with Crippen molar-refractivity contribution in [1.82, 2.24) is 4.90 Å². The molecular weight excluding hydrogens is 138 g/mol. The molecule has 2 N–H and O–H groups in total. The lowest BCUT2D eigenvalue weighted by Gasteiger charge is -2.36. The quantitative estimate of drug-likeness (QED) is 0.604. The van der Waals surface area contributed by atoms with Crippen molar-refractivity contribution in [3.05, 3.63) is 0 Å². The van der Waals surface area contributed by atoms with E-state index in [0.717, 1.165) is 6.54 Å². The molecule has 1 rings (SSSR count). The van der Waals surface area contributed by atoms with Crippen LogP contribution < -0.4 is 5.73 Å². The summed E-state index contributed by atoms with van der Waals surface area (Å²) >= 11 is 0. The Morgan fingerprint density at radius 2 is 2.18 bits per heavy atom. The van der Waals surface area contributed by atoms with Gasteiger partial charge < -0.3 is 10.6 Å². The molecule has 0 spiro atoms. The van der Waals surface area contributed by atoms with Crippen molar-refractivity contribution in [1.29, 1.82) is 0 Å². The minimum absolute atomic E-state index is 0.129. The summed E-state index contributed by atoms with van der Waals surface area (Å²) in [7, 11) is 2.01. The Labute approximate surface area is 68.3 Å². The van der Waals surface area contributed by atoms with Gasteiger partial charge in [-0.05, 0) is 12.8 Å². The standard InChI is InChI=1S/C8H17N3/c1-6(2)8(3)5-10-7(9)11(8)4/h6H,5H2,1-4H3,(H2,9,10). The maximum atomic E-state index is 5.67. The summed E-state index contributed by atoms with van der Waals surface area (Å²) in [5, 5.41) is 0. The molecule has 0 aromatic rings. The largest absolute Gasteiger partial charge is 0.370 e. The van der Waals surface area contributed by atoms with Crippen LogP contribution in [0.25, 0.3) is 0 Å². The van der Waals surface area contributed by atoms with Gasteiger partial charge in [-0.2, -0.15) is 0 Å². The highest BCUT2D eigenvalue weighted by molar-refractivity contribution is 5.80. The first-order valence-electron chi connectivity index (χ1n) is 4.02. The van der Waals surface area contributed by atoms with Crippen molar-refractivity contribution in [2.24, 2.45) is 16.6 Å². The molecule has 0 aliphatic carbocycles. The summed E-state index contributed by atoms with van der Waals surface area (Å²) in [6, 6.07) is 0. The number of nitrogens with zero attached hydrogens (tertiary/aromatic N) is 2. The first kappa shape index (κ1) is 8.37. The zero-order valence-electron chi connectivity index (χ0n) is 7.76. The minimum atomic E-state index is 0.129. The summed E-state index contributed by atoms with van der Waals surface area (Å²) in [4.78, 5) is 6.28. The topological polar surface area (TPSA) is 41.6 Å². The molecule has 1 aliphatic rings. The number of hydrogen-bond donors (Lipinski definition) is 1. The van der Waals surface area contributed by atoms with Crippen LogP contribution in [0.1, 0.15) is 20.8 Å².